The van der Waals surface area contributed by atoms with Gasteiger partial charge in [-0.3, -0.25) is 0 Å². The molecule has 5 heteroatoms. The second-order valence-electron chi connectivity index (χ2n) is 6.15. The quantitative estimate of drug-likeness (QED) is 0.785. The molecule has 3 nitrogen and oxygen atoms in total. The van der Waals surface area contributed by atoms with E-state index < -0.39 is 5.97 Å². The van der Waals surface area contributed by atoms with Crippen LogP contribution in [0.15, 0.2) is 42.5 Å². The van der Waals surface area contributed by atoms with Gasteiger partial charge in [0.25, 0.3) is 0 Å². The van der Waals surface area contributed by atoms with Crippen molar-refractivity contribution in [2.75, 3.05) is 0 Å². The number of carbonyl (C=O) groups is 1. The van der Waals surface area contributed by atoms with E-state index in [1.807, 2.05) is 24.3 Å². The van der Waals surface area contributed by atoms with Crippen LogP contribution in [0.25, 0.3) is 0 Å². The molecule has 0 radical (unpaired) electrons. The van der Waals surface area contributed by atoms with Gasteiger partial charge in [0.1, 0.15) is 0 Å². The molecule has 0 saturated heterocycles. The fourth-order valence-electron chi connectivity index (χ4n) is 2.31. The van der Waals surface area contributed by atoms with Gasteiger partial charge in [0.15, 0.2) is 0 Å². The first-order valence-corrected chi connectivity index (χ1v) is 8.04. The van der Waals surface area contributed by atoms with Crippen molar-refractivity contribution in [3.05, 3.63) is 69.2 Å². The number of hydrogen-bond donors (Lipinski definition) is 2. The Kier molecular flexibility index (Phi) is 5.69. The Morgan fingerprint density at radius 2 is 1.78 bits per heavy atom. The number of rotatable bonds is 6. The van der Waals surface area contributed by atoms with Gasteiger partial charge in [-0.05, 0) is 55.7 Å². The maximum absolute atomic E-state index is 10.9. The van der Waals surface area contributed by atoms with Crippen LogP contribution in [-0.4, -0.2) is 16.6 Å². The highest BCUT2D eigenvalue weighted by atomic mass is 35.5. The van der Waals surface area contributed by atoms with Crippen LogP contribution in [0.5, 0.6) is 0 Å². The summed E-state index contributed by atoms with van der Waals surface area (Å²) in [5, 5.41) is 13.7. The Bertz CT molecular complexity index is 697. The Morgan fingerprint density at radius 3 is 2.35 bits per heavy atom. The zero-order chi connectivity index (χ0) is 17.0. The first-order chi connectivity index (χ1) is 10.8. The van der Waals surface area contributed by atoms with Gasteiger partial charge in [-0.25, -0.2) is 4.79 Å². The summed E-state index contributed by atoms with van der Waals surface area (Å²) in [6, 6.07) is 12.4. The molecule has 0 fully saturated rings. The van der Waals surface area contributed by atoms with Crippen molar-refractivity contribution in [2.24, 2.45) is 0 Å². The fourth-order valence-corrected chi connectivity index (χ4v) is 2.79. The van der Waals surface area contributed by atoms with E-state index in [0.29, 0.717) is 22.2 Å². The van der Waals surface area contributed by atoms with Crippen LogP contribution in [0.1, 0.15) is 35.3 Å². The Hall–Kier alpha value is -1.55. The van der Waals surface area contributed by atoms with E-state index in [1.165, 1.54) is 0 Å². The van der Waals surface area contributed by atoms with Crippen LogP contribution in [-0.2, 0) is 13.0 Å². The summed E-state index contributed by atoms with van der Waals surface area (Å²) < 4.78 is 0. The van der Waals surface area contributed by atoms with E-state index in [4.69, 9.17) is 28.3 Å². The third-order valence-electron chi connectivity index (χ3n) is 3.62. The normalized spacial score (nSPS) is 11.5. The van der Waals surface area contributed by atoms with Crippen LogP contribution in [0.4, 0.5) is 0 Å². The lowest BCUT2D eigenvalue weighted by molar-refractivity contribution is 0.0697. The molecule has 0 heterocycles. The molecule has 0 aliphatic carbocycles. The maximum Gasteiger partial charge on any atom is 0.335 e. The molecule has 0 aliphatic rings. The average Bonchev–Trinajstić information content (AvgIpc) is 2.48. The Morgan fingerprint density at radius 1 is 1.13 bits per heavy atom. The highest BCUT2D eigenvalue weighted by Gasteiger charge is 2.19. The van der Waals surface area contributed by atoms with Crippen molar-refractivity contribution in [1.29, 1.82) is 0 Å². The van der Waals surface area contributed by atoms with Gasteiger partial charge in [-0.1, -0.05) is 41.4 Å². The van der Waals surface area contributed by atoms with Crippen LogP contribution >= 0.6 is 23.2 Å². The first-order valence-electron chi connectivity index (χ1n) is 7.28. The van der Waals surface area contributed by atoms with E-state index >= 15 is 0 Å². The minimum atomic E-state index is -0.915. The number of nitrogens with one attached hydrogen (secondary N) is 1. The molecular weight excluding hydrogens is 333 g/mol. The summed E-state index contributed by atoms with van der Waals surface area (Å²) in [6.45, 7) is 4.85. The van der Waals surface area contributed by atoms with Crippen molar-refractivity contribution in [1.82, 2.24) is 5.32 Å². The van der Waals surface area contributed by atoms with Gasteiger partial charge < -0.3 is 10.4 Å². The van der Waals surface area contributed by atoms with Crippen molar-refractivity contribution < 1.29 is 9.90 Å². The van der Waals surface area contributed by atoms with Crippen LogP contribution in [0.2, 0.25) is 10.0 Å². The molecule has 2 rings (SSSR count). The van der Waals surface area contributed by atoms with E-state index in [2.05, 4.69) is 19.2 Å². The lowest BCUT2D eigenvalue weighted by Crippen LogP contribution is -2.40. The van der Waals surface area contributed by atoms with Gasteiger partial charge in [-0.2, -0.15) is 0 Å². The van der Waals surface area contributed by atoms with E-state index in [1.54, 1.807) is 18.2 Å². The number of hydrogen-bond acceptors (Lipinski definition) is 2. The number of benzene rings is 2. The van der Waals surface area contributed by atoms with Crippen molar-refractivity contribution in [2.45, 2.75) is 32.4 Å². The zero-order valence-electron chi connectivity index (χ0n) is 13.1. The summed E-state index contributed by atoms with van der Waals surface area (Å²) in [4.78, 5) is 10.9. The molecule has 2 N–H and O–H groups in total. The summed E-state index contributed by atoms with van der Waals surface area (Å²) in [7, 11) is 0. The lowest BCUT2D eigenvalue weighted by Gasteiger charge is -2.27. The van der Waals surface area contributed by atoms with Gasteiger partial charge in [0.05, 0.1) is 5.56 Å². The van der Waals surface area contributed by atoms with E-state index in [0.717, 1.165) is 17.5 Å². The molecular formula is C18H19Cl2NO2. The second kappa shape index (κ2) is 7.35. The molecule has 2 aromatic carbocycles. The molecule has 122 valence electrons. The molecule has 0 aliphatic heterocycles. The van der Waals surface area contributed by atoms with Gasteiger partial charge in [-0.15, -0.1) is 0 Å². The molecule has 0 atom stereocenters. The highest BCUT2D eigenvalue weighted by Crippen LogP contribution is 2.24. The SMILES string of the molecule is CC(C)(Cc1ccc(Cl)cc1Cl)NCc1ccc(C(=O)O)cc1. The van der Waals surface area contributed by atoms with Crippen LogP contribution in [0.3, 0.4) is 0 Å². The summed E-state index contributed by atoms with van der Waals surface area (Å²) in [5.74, 6) is -0.915. The fraction of sp³-hybridized carbons (Fsp3) is 0.278. The van der Waals surface area contributed by atoms with Gasteiger partial charge in [0.2, 0.25) is 0 Å². The molecule has 0 amide bonds. The van der Waals surface area contributed by atoms with Crippen molar-refractivity contribution in [3.63, 3.8) is 0 Å². The third-order valence-corrected chi connectivity index (χ3v) is 4.21. The number of carboxylic acid groups (broad SMARTS) is 1. The van der Waals surface area contributed by atoms with Crippen LogP contribution in [0, 0.1) is 0 Å². The monoisotopic (exact) mass is 351 g/mol. The third kappa shape index (κ3) is 5.24. The van der Waals surface area contributed by atoms with E-state index in [9.17, 15) is 4.79 Å². The van der Waals surface area contributed by atoms with Crippen LogP contribution < -0.4 is 5.32 Å². The largest absolute Gasteiger partial charge is 0.478 e. The number of aromatic carboxylic acids is 1. The second-order valence-corrected chi connectivity index (χ2v) is 7.00. The standard InChI is InChI=1S/C18H19Cl2NO2/c1-18(2,10-14-7-8-15(19)9-16(14)20)21-11-12-3-5-13(6-4-12)17(22)23/h3-9,21H,10-11H2,1-2H3,(H,22,23). The first kappa shape index (κ1) is 17.8. The van der Waals surface area contributed by atoms with Gasteiger partial charge >= 0.3 is 5.97 Å². The Balaban J connectivity index is 1.99. The highest BCUT2D eigenvalue weighted by molar-refractivity contribution is 6.35. The number of carboxylic acids is 1. The Labute approximate surface area is 146 Å². The summed E-state index contributed by atoms with van der Waals surface area (Å²) in [6.07, 6.45) is 0.760. The zero-order valence-corrected chi connectivity index (χ0v) is 14.6. The molecule has 2 aromatic rings. The summed E-state index contributed by atoms with van der Waals surface area (Å²) >= 11 is 12.2. The van der Waals surface area contributed by atoms with Gasteiger partial charge in [0, 0.05) is 22.1 Å². The minimum absolute atomic E-state index is 0.164. The molecule has 0 spiro atoms. The molecule has 0 bridgehead atoms. The smallest absolute Gasteiger partial charge is 0.335 e. The molecule has 0 unspecified atom stereocenters. The predicted octanol–water partition coefficient (Wildman–Crippen LogP) is 4.80. The lowest BCUT2D eigenvalue weighted by atomic mass is 9.94. The molecule has 23 heavy (non-hydrogen) atoms. The van der Waals surface area contributed by atoms with E-state index in [-0.39, 0.29) is 5.54 Å². The minimum Gasteiger partial charge on any atom is -0.478 e. The average molecular weight is 352 g/mol. The molecule has 0 aromatic heterocycles. The molecule has 0 saturated carbocycles. The maximum atomic E-state index is 10.9. The number of halogens is 2. The van der Waals surface area contributed by atoms with Crippen molar-refractivity contribution in [3.8, 4) is 0 Å². The van der Waals surface area contributed by atoms with Crippen molar-refractivity contribution >= 4 is 29.2 Å². The summed E-state index contributed by atoms with van der Waals surface area (Å²) in [5.41, 5.74) is 2.20. The predicted molar refractivity (Wildman–Crippen MR) is 94.5 cm³/mol. The topological polar surface area (TPSA) is 49.3 Å².